The van der Waals surface area contributed by atoms with Gasteiger partial charge < -0.3 is 0 Å². The van der Waals surface area contributed by atoms with Gasteiger partial charge >= 0.3 is 6.18 Å². The fraction of sp³-hybridized carbons (Fsp3) is 0.222. The number of alkyl halides is 3. The van der Waals surface area contributed by atoms with Gasteiger partial charge in [-0.15, -0.1) is 0 Å². The van der Waals surface area contributed by atoms with Gasteiger partial charge in [0.25, 0.3) is 0 Å². The Hall–Kier alpha value is -2.16. The van der Waals surface area contributed by atoms with Crippen molar-refractivity contribution in [3.63, 3.8) is 0 Å². The van der Waals surface area contributed by atoms with Crippen molar-refractivity contribution in [2.24, 2.45) is 5.84 Å². The third-order valence-corrected chi connectivity index (χ3v) is 2.08. The number of nitrogens with zero attached hydrogens (tertiary/aromatic N) is 4. The second-order valence-electron chi connectivity index (χ2n) is 3.54. The summed E-state index contributed by atoms with van der Waals surface area (Å²) in [5.41, 5.74) is 1.70. The lowest BCUT2D eigenvalue weighted by atomic mass is 10.4. The molecule has 0 atom stereocenters. The molecule has 0 aliphatic rings. The quantitative estimate of drug-likeness (QED) is 0.626. The minimum absolute atomic E-state index is 0.0154. The molecule has 18 heavy (non-hydrogen) atoms. The highest BCUT2D eigenvalue weighted by atomic mass is 19.4. The molecule has 0 spiro atoms. The van der Waals surface area contributed by atoms with Crippen molar-refractivity contribution >= 4 is 5.95 Å². The predicted octanol–water partition coefficient (Wildman–Crippen LogP) is 1.28. The molecule has 0 aromatic carbocycles. The summed E-state index contributed by atoms with van der Waals surface area (Å²) in [6.07, 6.45) is -1.53. The van der Waals surface area contributed by atoms with Crippen molar-refractivity contribution in [3.05, 3.63) is 29.7 Å². The highest BCUT2D eigenvalue weighted by molar-refractivity contribution is 5.35. The maximum atomic E-state index is 12.6. The maximum absolute atomic E-state index is 12.6. The van der Waals surface area contributed by atoms with Crippen LogP contribution in [0.4, 0.5) is 19.1 Å². The zero-order chi connectivity index (χ0) is 13.3. The van der Waals surface area contributed by atoms with Gasteiger partial charge in [0, 0.05) is 12.3 Å². The van der Waals surface area contributed by atoms with Gasteiger partial charge in [-0.05, 0) is 12.5 Å². The first-order valence-corrected chi connectivity index (χ1v) is 4.84. The minimum Gasteiger partial charge on any atom is -0.292 e. The number of anilines is 1. The Kier molecular flexibility index (Phi) is 2.91. The first-order valence-electron chi connectivity index (χ1n) is 4.84. The summed E-state index contributed by atoms with van der Waals surface area (Å²) < 4.78 is 39.1. The highest BCUT2D eigenvalue weighted by Gasteiger charge is 2.34. The molecule has 0 aliphatic heterocycles. The van der Waals surface area contributed by atoms with E-state index in [2.05, 4.69) is 15.1 Å². The molecule has 2 heterocycles. The van der Waals surface area contributed by atoms with Crippen LogP contribution in [0.25, 0.3) is 5.82 Å². The van der Waals surface area contributed by atoms with Crippen LogP contribution in [0.1, 0.15) is 11.3 Å². The number of aromatic nitrogens is 4. The molecule has 6 nitrogen and oxygen atoms in total. The molecule has 2 aromatic heterocycles. The van der Waals surface area contributed by atoms with E-state index in [1.54, 1.807) is 13.1 Å². The van der Waals surface area contributed by atoms with Gasteiger partial charge in [0.1, 0.15) is 0 Å². The van der Waals surface area contributed by atoms with Crippen LogP contribution >= 0.6 is 0 Å². The molecule has 0 bridgehead atoms. The second kappa shape index (κ2) is 4.26. The third kappa shape index (κ3) is 2.40. The van der Waals surface area contributed by atoms with E-state index in [0.29, 0.717) is 0 Å². The van der Waals surface area contributed by atoms with E-state index < -0.39 is 11.9 Å². The maximum Gasteiger partial charge on any atom is 0.433 e. The van der Waals surface area contributed by atoms with Crippen molar-refractivity contribution in [1.82, 2.24) is 19.7 Å². The molecule has 0 saturated heterocycles. The lowest BCUT2D eigenvalue weighted by Crippen LogP contribution is -2.17. The first-order chi connectivity index (χ1) is 8.40. The van der Waals surface area contributed by atoms with E-state index in [-0.39, 0.29) is 11.8 Å². The largest absolute Gasteiger partial charge is 0.433 e. The van der Waals surface area contributed by atoms with Crippen LogP contribution in [0.2, 0.25) is 0 Å². The number of aryl methyl sites for hydroxylation is 1. The zero-order valence-corrected chi connectivity index (χ0v) is 9.23. The SMILES string of the molecule is Cc1cnn(-c2cc(C(F)(F)F)nc(NN)n2)c1. The molecule has 0 aliphatic carbocycles. The standard InChI is InChI=1S/C9H9F3N6/c1-5-3-14-18(4-5)7-2-6(9(10,11)12)15-8(16-7)17-13/h2-4H,13H2,1H3,(H,15,16,17). The number of halogens is 3. The van der Waals surface area contributed by atoms with E-state index in [4.69, 9.17) is 5.84 Å². The summed E-state index contributed by atoms with van der Waals surface area (Å²) in [5.74, 6) is 4.70. The summed E-state index contributed by atoms with van der Waals surface area (Å²) in [6.45, 7) is 1.76. The lowest BCUT2D eigenvalue weighted by Gasteiger charge is -2.09. The van der Waals surface area contributed by atoms with E-state index in [1.165, 1.54) is 10.9 Å². The fourth-order valence-electron chi connectivity index (χ4n) is 1.30. The van der Waals surface area contributed by atoms with Gasteiger partial charge in [0.2, 0.25) is 5.95 Å². The van der Waals surface area contributed by atoms with Crippen LogP contribution in [-0.2, 0) is 6.18 Å². The Labute approximate surface area is 99.6 Å². The molecule has 0 radical (unpaired) electrons. The van der Waals surface area contributed by atoms with Crippen LogP contribution < -0.4 is 11.3 Å². The van der Waals surface area contributed by atoms with Gasteiger partial charge in [-0.25, -0.2) is 15.5 Å². The van der Waals surface area contributed by atoms with Crippen molar-refractivity contribution in [2.75, 3.05) is 5.43 Å². The lowest BCUT2D eigenvalue weighted by molar-refractivity contribution is -0.141. The molecule has 0 amide bonds. The van der Waals surface area contributed by atoms with Crippen LogP contribution in [0.15, 0.2) is 18.5 Å². The molecule has 96 valence electrons. The summed E-state index contributed by atoms with van der Waals surface area (Å²) in [5, 5.41) is 3.88. The molecule has 0 saturated carbocycles. The van der Waals surface area contributed by atoms with Gasteiger partial charge in [-0.1, -0.05) is 0 Å². The van der Waals surface area contributed by atoms with Gasteiger partial charge in [0.15, 0.2) is 11.5 Å². The number of hydrogen-bond acceptors (Lipinski definition) is 5. The molecule has 0 fully saturated rings. The van der Waals surface area contributed by atoms with E-state index >= 15 is 0 Å². The normalized spacial score (nSPS) is 11.6. The third-order valence-electron chi connectivity index (χ3n) is 2.08. The van der Waals surface area contributed by atoms with Gasteiger partial charge in [-0.2, -0.15) is 23.3 Å². The molecule has 2 rings (SSSR count). The molecular formula is C9H9F3N6. The summed E-state index contributed by atoms with van der Waals surface area (Å²) >= 11 is 0. The Morgan fingerprint density at radius 2 is 2.06 bits per heavy atom. The fourth-order valence-corrected chi connectivity index (χ4v) is 1.30. The Balaban J connectivity index is 2.54. The summed E-state index contributed by atoms with van der Waals surface area (Å²) in [7, 11) is 0. The average Bonchev–Trinajstić information content (AvgIpc) is 2.74. The summed E-state index contributed by atoms with van der Waals surface area (Å²) in [4.78, 5) is 7.04. The average molecular weight is 258 g/mol. The Morgan fingerprint density at radius 3 is 2.56 bits per heavy atom. The monoisotopic (exact) mass is 258 g/mol. The predicted molar refractivity (Wildman–Crippen MR) is 56.7 cm³/mol. The molecule has 0 unspecified atom stereocenters. The Bertz CT molecular complexity index is 562. The molecule has 3 N–H and O–H groups in total. The molecule has 9 heteroatoms. The summed E-state index contributed by atoms with van der Waals surface area (Å²) in [6, 6.07) is 0.799. The zero-order valence-electron chi connectivity index (χ0n) is 9.23. The van der Waals surface area contributed by atoms with Crippen LogP contribution in [0.5, 0.6) is 0 Å². The van der Waals surface area contributed by atoms with Crippen LogP contribution in [-0.4, -0.2) is 19.7 Å². The second-order valence-corrected chi connectivity index (χ2v) is 3.54. The van der Waals surface area contributed by atoms with Crippen molar-refractivity contribution in [3.8, 4) is 5.82 Å². The first kappa shape index (κ1) is 12.3. The highest BCUT2D eigenvalue weighted by Crippen LogP contribution is 2.29. The number of hydrazine groups is 1. The number of nitrogens with two attached hydrogens (primary N) is 1. The number of nitrogens with one attached hydrogen (secondary N) is 1. The number of nitrogen functional groups attached to an aromatic ring is 1. The Morgan fingerprint density at radius 1 is 1.33 bits per heavy atom. The van der Waals surface area contributed by atoms with Gasteiger partial charge in [-0.3, -0.25) is 5.43 Å². The molecule has 2 aromatic rings. The van der Waals surface area contributed by atoms with Crippen molar-refractivity contribution in [1.29, 1.82) is 0 Å². The van der Waals surface area contributed by atoms with Crippen molar-refractivity contribution in [2.45, 2.75) is 13.1 Å². The smallest absolute Gasteiger partial charge is 0.292 e. The minimum atomic E-state index is -4.58. The van der Waals surface area contributed by atoms with Crippen LogP contribution in [0.3, 0.4) is 0 Å². The van der Waals surface area contributed by atoms with Crippen molar-refractivity contribution < 1.29 is 13.2 Å². The van der Waals surface area contributed by atoms with E-state index in [1.807, 2.05) is 5.43 Å². The van der Waals surface area contributed by atoms with Crippen LogP contribution in [0, 0.1) is 6.92 Å². The number of rotatable bonds is 2. The number of hydrogen-bond donors (Lipinski definition) is 2. The van der Waals surface area contributed by atoms with E-state index in [9.17, 15) is 13.2 Å². The van der Waals surface area contributed by atoms with Gasteiger partial charge in [0.05, 0.1) is 6.20 Å². The topological polar surface area (TPSA) is 81.7 Å². The molecular weight excluding hydrogens is 249 g/mol. The van der Waals surface area contributed by atoms with E-state index in [0.717, 1.165) is 11.6 Å².